The van der Waals surface area contributed by atoms with Gasteiger partial charge in [0.2, 0.25) is 0 Å². The van der Waals surface area contributed by atoms with Crippen molar-refractivity contribution >= 4 is 42.8 Å². The van der Waals surface area contributed by atoms with Crippen molar-refractivity contribution in [1.29, 1.82) is 0 Å². The van der Waals surface area contributed by atoms with Gasteiger partial charge in [0.15, 0.2) is 0 Å². The van der Waals surface area contributed by atoms with E-state index in [-0.39, 0.29) is 37.0 Å². The summed E-state index contributed by atoms with van der Waals surface area (Å²) < 4.78 is 2.42. The van der Waals surface area contributed by atoms with Crippen LogP contribution < -0.4 is 0 Å². The van der Waals surface area contributed by atoms with Crippen LogP contribution in [0.15, 0.2) is 91.0 Å². The van der Waals surface area contributed by atoms with Crippen LogP contribution in [0.3, 0.4) is 0 Å². The van der Waals surface area contributed by atoms with Crippen molar-refractivity contribution < 1.29 is 36.4 Å². The maximum absolute atomic E-state index is 12.8. The van der Waals surface area contributed by atoms with Gasteiger partial charge in [-0.1, -0.05) is 82.3 Å². The molecule has 3 nitrogen and oxygen atoms in total. The molecule has 0 saturated heterocycles. The van der Waals surface area contributed by atoms with E-state index in [4.69, 9.17) is 4.98 Å². The van der Waals surface area contributed by atoms with Crippen molar-refractivity contribution in [2.45, 2.75) is 129 Å². The van der Waals surface area contributed by atoms with Crippen molar-refractivity contribution in [2.75, 3.05) is 0 Å². The summed E-state index contributed by atoms with van der Waals surface area (Å²) in [5, 5.41) is 27.4. The number of aromatic nitrogens is 1. The van der Waals surface area contributed by atoms with E-state index >= 15 is 0 Å². The molecule has 0 amide bonds. The standard InChI is InChI=1S/C59H61NO2S2.Zr/c1-34-18-41(51(62)43(19-34)59-27-37-24-56(5,32-59)29-57(6,25-37)33-59)53-50(39-13-8-10-17-48(39)64-53)45-15-11-14-44(60-45)49-38-12-7-9-16-47(38)63-52(49)40-21-46(61)42(20-35(40)2)58-26-36-22-54(3,30-58)28-55(4,23-36)31-58;/h7-21,36-37,61-62H,22-33H2,1-6H3;. The largest absolute Gasteiger partial charge is 0.508 e. The van der Waals surface area contributed by atoms with Crippen LogP contribution in [-0.4, -0.2) is 15.2 Å². The van der Waals surface area contributed by atoms with Crippen LogP contribution in [0.2, 0.25) is 0 Å². The van der Waals surface area contributed by atoms with Gasteiger partial charge < -0.3 is 10.2 Å². The van der Waals surface area contributed by atoms with Gasteiger partial charge in [-0.3, -0.25) is 0 Å². The zero-order valence-electron chi connectivity index (χ0n) is 39.0. The van der Waals surface area contributed by atoms with Crippen molar-refractivity contribution in [2.24, 2.45) is 33.5 Å². The molecule has 3 aromatic heterocycles. The molecule has 4 atom stereocenters. The Morgan fingerprint density at radius 1 is 0.523 bits per heavy atom. The maximum Gasteiger partial charge on any atom is 0.128 e. The Morgan fingerprint density at radius 2 is 1.00 bits per heavy atom. The normalized spacial score (nSPS) is 33.0. The molecule has 4 aromatic carbocycles. The van der Waals surface area contributed by atoms with Crippen molar-refractivity contribution in [3.63, 3.8) is 0 Å². The van der Waals surface area contributed by atoms with Crippen molar-refractivity contribution in [1.82, 2.24) is 4.98 Å². The Bertz CT molecular complexity index is 3100. The third-order valence-electron chi connectivity index (χ3n) is 17.9. The number of benzene rings is 4. The summed E-state index contributed by atoms with van der Waals surface area (Å²) >= 11 is 3.59. The first kappa shape index (κ1) is 42.8. The predicted octanol–water partition coefficient (Wildman–Crippen LogP) is 16.7. The number of aryl methyl sites for hydroxylation is 2. The van der Waals surface area contributed by atoms with E-state index in [2.05, 4.69) is 133 Å². The van der Waals surface area contributed by atoms with E-state index in [0.29, 0.717) is 33.2 Å². The molecule has 7 aromatic rings. The number of thiophene rings is 2. The minimum absolute atomic E-state index is 0. The van der Waals surface area contributed by atoms with Gasteiger partial charge in [-0.05, 0) is 177 Å². The molecule has 8 aliphatic rings. The van der Waals surface area contributed by atoms with E-state index in [9.17, 15) is 10.2 Å². The van der Waals surface area contributed by atoms with Gasteiger partial charge in [0.25, 0.3) is 0 Å². The molecule has 330 valence electrons. The van der Waals surface area contributed by atoms with Gasteiger partial charge in [0, 0.05) is 94.8 Å². The van der Waals surface area contributed by atoms with E-state index in [1.807, 2.05) is 11.3 Å². The van der Waals surface area contributed by atoms with E-state index < -0.39 is 0 Å². The molecule has 6 heteroatoms. The molecule has 8 aliphatic carbocycles. The van der Waals surface area contributed by atoms with E-state index in [1.165, 1.54) is 119 Å². The molecular formula is C59H61NO2S2Zr. The summed E-state index contributed by atoms with van der Waals surface area (Å²) in [6, 6.07) is 33.0. The average Bonchev–Trinajstić information content (AvgIpc) is 3.79. The van der Waals surface area contributed by atoms with Crippen LogP contribution in [0.4, 0.5) is 0 Å². The summed E-state index contributed by atoms with van der Waals surface area (Å²) in [6.45, 7) is 14.6. The Hall–Kier alpha value is -3.57. The number of pyridine rings is 1. The molecule has 0 aliphatic heterocycles. The second-order valence-electron chi connectivity index (χ2n) is 24.2. The number of nitrogens with zero attached hydrogens (tertiary/aromatic N) is 1. The second kappa shape index (κ2) is 14.2. The molecule has 65 heavy (non-hydrogen) atoms. The van der Waals surface area contributed by atoms with Crippen LogP contribution in [0, 0.1) is 47.3 Å². The van der Waals surface area contributed by atoms with Crippen LogP contribution in [0.1, 0.15) is 127 Å². The third-order valence-corrected chi connectivity index (χ3v) is 20.3. The molecule has 0 spiro atoms. The SMILES string of the molecule is Cc1cc(-c2sc3ccccc3c2-c2cccc(-c3c(-c4cc(O)c(C56CC7CC(C)(CC(C)(C7)C5)C6)cc4C)sc4ccccc34)n2)c(O)c(C23CC4CC(C)(CC(C)(C4)C2)C3)c1.[Zr]. The molecular weight excluding hydrogens is 910 g/mol. The summed E-state index contributed by atoms with van der Waals surface area (Å²) in [6.07, 6.45) is 15.1. The van der Waals surface area contributed by atoms with Crippen molar-refractivity contribution in [3.8, 4) is 54.9 Å². The third kappa shape index (κ3) is 6.48. The van der Waals surface area contributed by atoms with E-state index in [0.717, 1.165) is 55.2 Å². The smallest absolute Gasteiger partial charge is 0.128 e. The van der Waals surface area contributed by atoms with Gasteiger partial charge in [0.1, 0.15) is 11.5 Å². The monoisotopic (exact) mass is 969 g/mol. The van der Waals surface area contributed by atoms with Gasteiger partial charge in [-0.25, -0.2) is 4.98 Å². The topological polar surface area (TPSA) is 53.4 Å². The molecule has 3 heterocycles. The average molecular weight is 971 g/mol. The maximum atomic E-state index is 12.8. The summed E-state index contributed by atoms with van der Waals surface area (Å²) in [4.78, 5) is 7.91. The fourth-order valence-corrected chi connectivity index (χ4v) is 20.4. The Kier molecular flexibility index (Phi) is 9.37. The molecule has 15 rings (SSSR count). The number of fused-ring (bicyclic) bond motifs is 2. The van der Waals surface area contributed by atoms with Gasteiger partial charge >= 0.3 is 0 Å². The van der Waals surface area contributed by atoms with Crippen LogP contribution >= 0.6 is 22.7 Å². The first-order chi connectivity index (χ1) is 30.5. The minimum atomic E-state index is 0. The zero-order valence-corrected chi connectivity index (χ0v) is 43.0. The Morgan fingerprint density at radius 3 is 1.51 bits per heavy atom. The second-order valence-corrected chi connectivity index (χ2v) is 26.3. The molecule has 2 N–H and O–H groups in total. The van der Waals surface area contributed by atoms with Gasteiger partial charge in [-0.15, -0.1) is 22.7 Å². The number of phenolic OH excluding ortho intramolecular Hbond substituents is 2. The van der Waals surface area contributed by atoms with Crippen LogP contribution in [0.5, 0.6) is 11.5 Å². The molecule has 0 radical (unpaired) electrons. The Labute approximate surface area is 412 Å². The zero-order chi connectivity index (χ0) is 43.8. The van der Waals surface area contributed by atoms with Crippen LogP contribution in [0.25, 0.3) is 63.6 Å². The minimum Gasteiger partial charge on any atom is -0.508 e. The molecule has 4 unspecified atom stereocenters. The first-order valence-corrected chi connectivity index (χ1v) is 25.9. The van der Waals surface area contributed by atoms with E-state index in [1.54, 1.807) is 11.3 Å². The fraction of sp³-hybridized carbons (Fsp3) is 0.441. The Balaban J connectivity index is 0.00000444. The molecule has 8 saturated carbocycles. The first-order valence-electron chi connectivity index (χ1n) is 24.2. The summed E-state index contributed by atoms with van der Waals surface area (Å²) in [5.41, 5.74) is 12.4. The fourth-order valence-electron chi connectivity index (χ4n) is 17.9. The molecule has 8 bridgehead atoms. The van der Waals surface area contributed by atoms with Gasteiger partial charge in [-0.2, -0.15) is 0 Å². The summed E-state index contributed by atoms with van der Waals surface area (Å²) in [5.74, 6) is 2.43. The van der Waals surface area contributed by atoms with Crippen LogP contribution in [-0.2, 0) is 37.0 Å². The number of aromatic hydroxyl groups is 2. The quantitative estimate of drug-likeness (QED) is 0.175. The van der Waals surface area contributed by atoms with Gasteiger partial charge in [0.05, 0.1) is 11.4 Å². The van der Waals surface area contributed by atoms with Crippen molar-refractivity contribution in [3.05, 3.63) is 113 Å². The number of hydrogen-bond acceptors (Lipinski definition) is 5. The number of hydrogen-bond donors (Lipinski definition) is 2. The molecule has 8 fully saturated rings. The number of phenols is 2. The predicted molar refractivity (Wildman–Crippen MR) is 268 cm³/mol. The number of rotatable bonds is 6. The summed E-state index contributed by atoms with van der Waals surface area (Å²) in [7, 11) is 0.